The topological polar surface area (TPSA) is 24.1 Å². The van der Waals surface area contributed by atoms with Gasteiger partial charge in [0.15, 0.2) is 0 Å². The van der Waals surface area contributed by atoms with Crippen LogP contribution in [0.25, 0.3) is 0 Å². The van der Waals surface area contributed by atoms with E-state index >= 15 is 0 Å². The molecule has 2 unspecified atom stereocenters. The Hall–Kier alpha value is -0.390. The Labute approximate surface area is 236 Å². The van der Waals surface area contributed by atoms with E-state index in [2.05, 4.69) is 40.2 Å². The Morgan fingerprint density at radius 1 is 0.649 bits per heavy atom. The molecule has 2 heterocycles. The summed E-state index contributed by atoms with van der Waals surface area (Å²) in [5.74, 6) is 6.91. The predicted molar refractivity (Wildman–Crippen MR) is 156 cm³/mol. The standard InChI is InChI=1S/C32H43ClN2S2/c33-30-6-4-28(37-30)19-35-32-15-23-10-24(16-32)29(25(11-23)17-32)5-3-26-1-2-27(36-26)18-34-31-12-20-7-21(13-31)9-22(8-20)14-31/h1-2,4,6,20-25,29,34-35H,3,5,7-19H2. The molecule has 2 atom stereocenters. The van der Waals surface area contributed by atoms with Crippen LogP contribution in [0.3, 0.4) is 0 Å². The fourth-order valence-electron chi connectivity index (χ4n) is 11.1. The third kappa shape index (κ3) is 4.69. The summed E-state index contributed by atoms with van der Waals surface area (Å²) in [7, 11) is 0. The summed E-state index contributed by atoms with van der Waals surface area (Å²) in [4.78, 5) is 4.61. The largest absolute Gasteiger partial charge is 0.306 e. The van der Waals surface area contributed by atoms with E-state index in [1.807, 2.05) is 6.07 Å². The SMILES string of the molecule is Clc1ccc(CNC23CC4CC(C2)C(CCc2ccc(CNC56CC7CC(CC(C7)C5)C6)s2)C(C4)C3)s1. The molecular weight excluding hydrogens is 512 g/mol. The first-order chi connectivity index (χ1) is 18.0. The molecule has 8 aliphatic carbocycles. The summed E-state index contributed by atoms with van der Waals surface area (Å²) in [5.41, 5.74) is 0.890. The molecule has 0 amide bonds. The van der Waals surface area contributed by atoms with E-state index in [1.165, 1.54) is 88.3 Å². The average molecular weight is 555 g/mol. The fraction of sp³-hybridized carbons (Fsp3) is 0.750. The molecule has 5 heteroatoms. The molecule has 8 saturated carbocycles. The van der Waals surface area contributed by atoms with Gasteiger partial charge in [0.25, 0.3) is 0 Å². The summed E-state index contributed by atoms with van der Waals surface area (Å²) in [6, 6.07) is 9.16. The van der Waals surface area contributed by atoms with E-state index in [4.69, 9.17) is 11.6 Å². The summed E-state index contributed by atoms with van der Waals surface area (Å²) >= 11 is 10.0. The molecule has 0 aliphatic heterocycles. The Morgan fingerprint density at radius 2 is 1.16 bits per heavy atom. The van der Waals surface area contributed by atoms with Crippen LogP contribution in [0, 0.1) is 41.4 Å². The molecule has 0 spiro atoms. The summed E-state index contributed by atoms with van der Waals surface area (Å²) in [6.07, 6.45) is 18.9. The molecule has 2 aromatic rings. The van der Waals surface area contributed by atoms with E-state index in [0.29, 0.717) is 11.1 Å². The van der Waals surface area contributed by atoms with Gasteiger partial charge < -0.3 is 10.6 Å². The Kier molecular flexibility index (Phi) is 6.16. The third-order valence-electron chi connectivity index (χ3n) is 11.9. The molecule has 8 bridgehead atoms. The summed E-state index contributed by atoms with van der Waals surface area (Å²) in [5, 5.41) is 8.19. The van der Waals surface area contributed by atoms with Gasteiger partial charge in [-0.15, -0.1) is 22.7 Å². The maximum atomic E-state index is 6.19. The highest BCUT2D eigenvalue weighted by Gasteiger charge is 2.55. The van der Waals surface area contributed by atoms with Crippen LogP contribution in [-0.4, -0.2) is 11.1 Å². The van der Waals surface area contributed by atoms with E-state index in [-0.39, 0.29) is 0 Å². The van der Waals surface area contributed by atoms with E-state index < -0.39 is 0 Å². The van der Waals surface area contributed by atoms with Crippen molar-refractivity contribution in [1.29, 1.82) is 0 Å². The zero-order valence-corrected chi connectivity index (χ0v) is 24.5. The number of halogens is 1. The average Bonchev–Trinajstić information content (AvgIpc) is 3.49. The monoisotopic (exact) mass is 554 g/mol. The van der Waals surface area contributed by atoms with Crippen molar-refractivity contribution in [1.82, 2.24) is 10.6 Å². The Bertz CT molecular complexity index is 1080. The summed E-state index contributed by atoms with van der Waals surface area (Å²) in [6.45, 7) is 2.11. The van der Waals surface area contributed by atoms with E-state index in [1.54, 1.807) is 21.1 Å². The van der Waals surface area contributed by atoms with Crippen LogP contribution in [0.15, 0.2) is 24.3 Å². The quantitative estimate of drug-likeness (QED) is 0.325. The Morgan fingerprint density at radius 3 is 1.76 bits per heavy atom. The maximum absolute atomic E-state index is 6.19. The molecule has 2 N–H and O–H groups in total. The summed E-state index contributed by atoms with van der Waals surface area (Å²) < 4.78 is 0.919. The smallest absolute Gasteiger partial charge is 0.0931 e. The molecule has 0 aromatic carbocycles. The number of thiophene rings is 2. The molecular formula is C32H43ClN2S2. The fourth-order valence-corrected chi connectivity index (χ4v) is 13.1. The first kappa shape index (κ1) is 24.4. The minimum atomic E-state index is 0.405. The van der Waals surface area contributed by atoms with Crippen molar-refractivity contribution in [3.63, 3.8) is 0 Å². The molecule has 200 valence electrons. The van der Waals surface area contributed by atoms with Gasteiger partial charge in [0.2, 0.25) is 0 Å². The zero-order valence-electron chi connectivity index (χ0n) is 22.2. The van der Waals surface area contributed by atoms with Gasteiger partial charge in [-0.1, -0.05) is 11.6 Å². The highest BCUT2D eigenvalue weighted by atomic mass is 35.5. The molecule has 0 saturated heterocycles. The molecule has 8 aliphatic rings. The second-order valence-corrected chi connectivity index (χ2v) is 17.5. The lowest BCUT2D eigenvalue weighted by atomic mass is 9.48. The molecule has 2 aromatic heterocycles. The molecule has 0 radical (unpaired) electrons. The van der Waals surface area contributed by atoms with Crippen molar-refractivity contribution >= 4 is 34.3 Å². The van der Waals surface area contributed by atoms with Crippen molar-refractivity contribution < 1.29 is 0 Å². The van der Waals surface area contributed by atoms with Crippen molar-refractivity contribution in [2.45, 2.75) is 108 Å². The van der Waals surface area contributed by atoms with Gasteiger partial charge in [-0.25, -0.2) is 0 Å². The Balaban J connectivity index is 0.861. The van der Waals surface area contributed by atoms with Crippen molar-refractivity contribution in [3.8, 4) is 0 Å². The van der Waals surface area contributed by atoms with Gasteiger partial charge in [-0.2, -0.15) is 0 Å². The number of hydrogen-bond donors (Lipinski definition) is 2. The maximum Gasteiger partial charge on any atom is 0.0931 e. The number of nitrogens with one attached hydrogen (secondary N) is 2. The van der Waals surface area contributed by atoms with Gasteiger partial charge in [0.05, 0.1) is 4.34 Å². The van der Waals surface area contributed by atoms with E-state index in [9.17, 15) is 0 Å². The van der Waals surface area contributed by atoms with Crippen LogP contribution in [-0.2, 0) is 19.5 Å². The lowest BCUT2D eigenvalue weighted by Crippen LogP contribution is -2.60. The van der Waals surface area contributed by atoms with Gasteiger partial charge in [0.1, 0.15) is 0 Å². The second-order valence-electron chi connectivity index (χ2n) is 14.4. The van der Waals surface area contributed by atoms with Gasteiger partial charge in [-0.3, -0.25) is 0 Å². The van der Waals surface area contributed by atoms with Crippen LogP contribution < -0.4 is 10.6 Å². The van der Waals surface area contributed by atoms with Crippen LogP contribution in [0.4, 0.5) is 0 Å². The van der Waals surface area contributed by atoms with Crippen molar-refractivity contribution in [2.24, 2.45) is 41.4 Å². The predicted octanol–water partition coefficient (Wildman–Crippen LogP) is 8.44. The molecule has 37 heavy (non-hydrogen) atoms. The first-order valence-corrected chi connectivity index (χ1v) is 17.3. The number of aryl methyl sites for hydroxylation is 1. The van der Waals surface area contributed by atoms with Crippen molar-refractivity contribution in [2.75, 3.05) is 0 Å². The van der Waals surface area contributed by atoms with Crippen LogP contribution in [0.5, 0.6) is 0 Å². The van der Waals surface area contributed by atoms with Gasteiger partial charge in [0, 0.05) is 38.8 Å². The van der Waals surface area contributed by atoms with Crippen LogP contribution in [0.1, 0.15) is 91.7 Å². The third-order valence-corrected chi connectivity index (χ3v) is 14.2. The molecule has 8 fully saturated rings. The molecule has 2 nitrogen and oxygen atoms in total. The van der Waals surface area contributed by atoms with Gasteiger partial charge >= 0.3 is 0 Å². The van der Waals surface area contributed by atoms with Crippen LogP contribution >= 0.6 is 34.3 Å². The minimum Gasteiger partial charge on any atom is -0.306 e. The van der Waals surface area contributed by atoms with Crippen LogP contribution in [0.2, 0.25) is 4.34 Å². The van der Waals surface area contributed by atoms with Crippen molar-refractivity contribution in [3.05, 3.63) is 43.2 Å². The lowest BCUT2D eigenvalue weighted by Gasteiger charge is -2.60. The highest BCUT2D eigenvalue weighted by molar-refractivity contribution is 7.16. The minimum absolute atomic E-state index is 0.405. The van der Waals surface area contributed by atoms with Gasteiger partial charge in [-0.05, 0) is 149 Å². The lowest BCUT2D eigenvalue weighted by molar-refractivity contribution is -0.0695. The normalized spacial score (nSPS) is 43.2. The number of rotatable bonds is 9. The zero-order chi connectivity index (χ0) is 24.6. The van der Waals surface area contributed by atoms with E-state index in [0.717, 1.165) is 58.9 Å². The number of hydrogen-bond acceptors (Lipinski definition) is 4. The second kappa shape index (κ2) is 9.33. The highest BCUT2D eigenvalue weighted by Crippen LogP contribution is 2.59. The molecule has 10 rings (SSSR count). The first-order valence-electron chi connectivity index (χ1n) is 15.3.